The zero-order valence-electron chi connectivity index (χ0n) is 12.0. The van der Waals surface area contributed by atoms with Crippen molar-refractivity contribution in [1.82, 2.24) is 10.3 Å². The van der Waals surface area contributed by atoms with Gasteiger partial charge in [-0.25, -0.2) is 9.78 Å². The molecule has 0 radical (unpaired) electrons. The lowest BCUT2D eigenvalue weighted by Gasteiger charge is -2.14. The summed E-state index contributed by atoms with van der Waals surface area (Å²) in [6, 6.07) is 8.56. The highest BCUT2D eigenvalue weighted by Gasteiger charge is 2.21. The summed E-state index contributed by atoms with van der Waals surface area (Å²) in [6.07, 6.45) is 0.738. The fraction of sp³-hybridized carbons (Fsp3) is 0.267. The van der Waals surface area contributed by atoms with Gasteiger partial charge in [0.25, 0.3) is 0 Å². The first kappa shape index (κ1) is 16.0. The minimum atomic E-state index is -1.01. The molecule has 1 aromatic carbocycles. The third kappa shape index (κ3) is 4.85. The fourth-order valence-electron chi connectivity index (χ4n) is 1.82. The molecule has 0 aliphatic rings. The van der Waals surface area contributed by atoms with Crippen molar-refractivity contribution >= 4 is 23.4 Å². The Hall–Kier alpha value is -2.41. The van der Waals surface area contributed by atoms with E-state index in [1.807, 2.05) is 37.3 Å². The summed E-state index contributed by atoms with van der Waals surface area (Å²) in [6.45, 7) is 2.00. The van der Waals surface area contributed by atoms with Crippen LogP contribution in [-0.2, 0) is 16.1 Å². The number of amides is 1. The summed E-state index contributed by atoms with van der Waals surface area (Å²) in [5.41, 5.74) is 0.859. The van der Waals surface area contributed by atoms with E-state index in [0.29, 0.717) is 5.01 Å². The third-order valence-corrected chi connectivity index (χ3v) is 3.85. The molecule has 22 heavy (non-hydrogen) atoms. The minimum Gasteiger partial charge on any atom is -0.481 e. The van der Waals surface area contributed by atoms with E-state index in [4.69, 9.17) is 9.84 Å². The maximum atomic E-state index is 11.8. The van der Waals surface area contributed by atoms with Crippen LogP contribution in [0.25, 0.3) is 0 Å². The summed E-state index contributed by atoms with van der Waals surface area (Å²) in [4.78, 5) is 27.8. The van der Waals surface area contributed by atoms with Gasteiger partial charge in [-0.1, -0.05) is 30.3 Å². The van der Waals surface area contributed by atoms with Crippen molar-refractivity contribution in [3.05, 3.63) is 52.0 Å². The molecular weight excluding hydrogens is 304 g/mol. The predicted molar refractivity (Wildman–Crippen MR) is 81.6 cm³/mol. The van der Waals surface area contributed by atoms with Crippen molar-refractivity contribution in [2.24, 2.45) is 0 Å². The number of nitrogens with zero attached hydrogens (tertiary/aromatic N) is 1. The van der Waals surface area contributed by atoms with Crippen LogP contribution in [0.4, 0.5) is 4.79 Å². The number of thiazole rings is 1. The van der Waals surface area contributed by atoms with E-state index in [-0.39, 0.29) is 13.0 Å². The van der Waals surface area contributed by atoms with Gasteiger partial charge in [0.15, 0.2) is 0 Å². The van der Waals surface area contributed by atoms with Gasteiger partial charge in [0, 0.05) is 11.1 Å². The smallest absolute Gasteiger partial charge is 0.408 e. The van der Waals surface area contributed by atoms with Gasteiger partial charge in [0.2, 0.25) is 0 Å². The standard InChI is InChI=1S/C15H16N2O4S/c1-10-8-16-14(22-10)12(7-13(18)19)17-15(20)21-9-11-5-3-2-4-6-11/h2-6,8,12H,7,9H2,1H3,(H,17,20)(H,18,19). The number of carboxylic acids is 1. The Morgan fingerprint density at radius 2 is 2.09 bits per heavy atom. The minimum absolute atomic E-state index is 0.128. The Labute approximate surface area is 131 Å². The Morgan fingerprint density at radius 3 is 2.68 bits per heavy atom. The topological polar surface area (TPSA) is 88.5 Å². The molecule has 0 saturated heterocycles. The lowest BCUT2D eigenvalue weighted by atomic mass is 10.2. The molecule has 6 nitrogen and oxygen atoms in total. The second-order valence-corrected chi connectivity index (χ2v) is 5.93. The number of aryl methyl sites for hydroxylation is 1. The van der Waals surface area contributed by atoms with Gasteiger partial charge in [-0.05, 0) is 12.5 Å². The molecule has 116 valence electrons. The van der Waals surface area contributed by atoms with Crippen molar-refractivity contribution < 1.29 is 19.4 Å². The molecule has 1 unspecified atom stereocenters. The normalized spacial score (nSPS) is 11.7. The van der Waals surface area contributed by atoms with Crippen molar-refractivity contribution in [3.63, 3.8) is 0 Å². The molecule has 0 bridgehead atoms. The quantitative estimate of drug-likeness (QED) is 0.854. The van der Waals surface area contributed by atoms with E-state index < -0.39 is 18.1 Å². The zero-order chi connectivity index (χ0) is 15.9. The maximum Gasteiger partial charge on any atom is 0.408 e. The molecule has 2 rings (SSSR count). The van der Waals surface area contributed by atoms with Crippen LogP contribution in [0.1, 0.15) is 27.9 Å². The van der Waals surface area contributed by atoms with E-state index in [2.05, 4.69) is 10.3 Å². The number of carbonyl (C=O) groups excluding carboxylic acids is 1. The largest absolute Gasteiger partial charge is 0.481 e. The highest BCUT2D eigenvalue weighted by Crippen LogP contribution is 2.22. The van der Waals surface area contributed by atoms with Gasteiger partial charge in [0.1, 0.15) is 11.6 Å². The molecule has 1 heterocycles. The van der Waals surface area contributed by atoms with Gasteiger partial charge in [-0.3, -0.25) is 4.79 Å². The van der Waals surface area contributed by atoms with E-state index in [0.717, 1.165) is 10.4 Å². The Kier molecular flexibility index (Phi) is 5.48. The zero-order valence-corrected chi connectivity index (χ0v) is 12.8. The van der Waals surface area contributed by atoms with Crippen molar-refractivity contribution in [2.75, 3.05) is 0 Å². The Balaban J connectivity index is 1.94. The third-order valence-electron chi connectivity index (χ3n) is 2.82. The first-order chi connectivity index (χ1) is 10.5. The highest BCUT2D eigenvalue weighted by molar-refractivity contribution is 7.11. The molecule has 1 atom stereocenters. The number of aromatic nitrogens is 1. The van der Waals surface area contributed by atoms with Gasteiger partial charge in [-0.15, -0.1) is 11.3 Å². The second-order valence-electron chi connectivity index (χ2n) is 4.67. The van der Waals surface area contributed by atoms with Crippen LogP contribution >= 0.6 is 11.3 Å². The lowest BCUT2D eigenvalue weighted by molar-refractivity contribution is -0.137. The van der Waals surface area contributed by atoms with E-state index in [9.17, 15) is 9.59 Å². The van der Waals surface area contributed by atoms with Gasteiger partial charge in [-0.2, -0.15) is 0 Å². The van der Waals surface area contributed by atoms with Crippen LogP contribution in [0.5, 0.6) is 0 Å². The summed E-state index contributed by atoms with van der Waals surface area (Å²) in [5, 5.41) is 12.1. The van der Waals surface area contributed by atoms with Crippen LogP contribution in [0.2, 0.25) is 0 Å². The molecule has 0 saturated carbocycles. The monoisotopic (exact) mass is 320 g/mol. The first-order valence-electron chi connectivity index (χ1n) is 6.66. The number of nitrogens with one attached hydrogen (secondary N) is 1. The molecule has 2 aromatic rings. The number of carbonyl (C=O) groups is 2. The van der Waals surface area contributed by atoms with Gasteiger partial charge < -0.3 is 15.2 Å². The summed E-state index contributed by atoms with van der Waals surface area (Å²) in [7, 11) is 0. The summed E-state index contributed by atoms with van der Waals surface area (Å²) < 4.78 is 5.10. The Bertz CT molecular complexity index is 642. The highest BCUT2D eigenvalue weighted by atomic mass is 32.1. The van der Waals surface area contributed by atoms with Crippen molar-refractivity contribution in [3.8, 4) is 0 Å². The molecule has 1 amide bonds. The van der Waals surface area contributed by atoms with Crippen molar-refractivity contribution in [1.29, 1.82) is 0 Å². The summed E-state index contributed by atoms with van der Waals surface area (Å²) >= 11 is 1.35. The maximum absolute atomic E-state index is 11.8. The van der Waals surface area contributed by atoms with Crippen LogP contribution in [0.3, 0.4) is 0 Å². The SMILES string of the molecule is Cc1cnc(C(CC(=O)O)NC(=O)OCc2ccccc2)s1. The number of hydrogen-bond donors (Lipinski definition) is 2. The predicted octanol–water partition coefficient (Wildman–Crippen LogP) is 2.89. The molecule has 1 aromatic heterocycles. The number of benzene rings is 1. The molecule has 0 aliphatic heterocycles. The number of carboxylic acid groups (broad SMARTS) is 1. The van der Waals surface area contributed by atoms with Crippen LogP contribution < -0.4 is 5.32 Å². The molecule has 7 heteroatoms. The summed E-state index contributed by atoms with van der Waals surface area (Å²) in [5.74, 6) is -1.01. The van der Waals surface area contributed by atoms with Crippen molar-refractivity contribution in [2.45, 2.75) is 26.0 Å². The number of hydrogen-bond acceptors (Lipinski definition) is 5. The average molecular weight is 320 g/mol. The number of aliphatic carboxylic acids is 1. The van der Waals surface area contributed by atoms with Crippen LogP contribution in [0, 0.1) is 6.92 Å². The molecule has 0 fully saturated rings. The van der Waals surface area contributed by atoms with Crippen LogP contribution in [-0.4, -0.2) is 22.2 Å². The molecule has 2 N–H and O–H groups in total. The van der Waals surface area contributed by atoms with Crippen LogP contribution in [0.15, 0.2) is 36.5 Å². The second kappa shape index (κ2) is 7.56. The molecule has 0 spiro atoms. The number of alkyl carbamates (subject to hydrolysis) is 1. The average Bonchev–Trinajstić information content (AvgIpc) is 2.92. The number of ether oxygens (including phenoxy) is 1. The van der Waals surface area contributed by atoms with Gasteiger partial charge in [0.05, 0.1) is 12.5 Å². The van der Waals surface area contributed by atoms with E-state index in [1.54, 1.807) is 6.20 Å². The van der Waals surface area contributed by atoms with Gasteiger partial charge >= 0.3 is 12.1 Å². The van der Waals surface area contributed by atoms with E-state index >= 15 is 0 Å². The Morgan fingerprint density at radius 1 is 1.36 bits per heavy atom. The molecular formula is C15H16N2O4S. The van der Waals surface area contributed by atoms with E-state index in [1.165, 1.54) is 11.3 Å². The number of rotatable bonds is 6. The first-order valence-corrected chi connectivity index (χ1v) is 7.47. The molecule has 0 aliphatic carbocycles. The lowest BCUT2D eigenvalue weighted by Crippen LogP contribution is -2.30. The fourth-order valence-corrected chi connectivity index (χ4v) is 2.64.